The van der Waals surface area contributed by atoms with Crippen LogP contribution in [-0.4, -0.2) is 78.3 Å². The molecule has 8 heteroatoms. The molecule has 0 saturated carbocycles. The number of rotatable bonds is 6. The molecule has 1 aromatic carbocycles. The number of β-amino-alcohol motifs (C(OH)–C–C–N with tert-alkyl or cyclic N) is 1. The highest BCUT2D eigenvalue weighted by Crippen LogP contribution is 2.27. The summed E-state index contributed by atoms with van der Waals surface area (Å²) in [5, 5.41) is 9.14. The van der Waals surface area contributed by atoms with Crippen molar-refractivity contribution in [1.29, 1.82) is 0 Å². The summed E-state index contributed by atoms with van der Waals surface area (Å²) >= 11 is 0. The Morgan fingerprint density at radius 1 is 1.00 bits per heavy atom. The summed E-state index contributed by atoms with van der Waals surface area (Å²) in [5.41, 5.74) is 3.77. The number of pyridine rings is 1. The van der Waals surface area contributed by atoms with Crippen LogP contribution in [0.15, 0.2) is 53.6 Å². The molecule has 0 bridgehead atoms. The summed E-state index contributed by atoms with van der Waals surface area (Å²) in [7, 11) is -3.23. The number of benzene rings is 1. The first-order valence-electron chi connectivity index (χ1n) is 9.78. The predicted molar refractivity (Wildman–Crippen MR) is 113 cm³/mol. The first-order valence-corrected chi connectivity index (χ1v) is 11.7. The lowest BCUT2D eigenvalue weighted by Crippen LogP contribution is -2.46. The number of imidazole rings is 1. The SMILES string of the molecule is CS(=O)(=O)c1ccc(-c2nc3ccccn3c2CN2CCN(CCO)CC2)cc1. The number of sulfone groups is 1. The largest absolute Gasteiger partial charge is 0.395 e. The highest BCUT2D eigenvalue weighted by molar-refractivity contribution is 7.90. The summed E-state index contributed by atoms with van der Waals surface area (Å²) < 4.78 is 25.7. The van der Waals surface area contributed by atoms with Gasteiger partial charge in [-0.25, -0.2) is 13.4 Å². The molecule has 1 aliphatic rings. The standard InChI is InChI=1S/C21H26N4O3S/c1-29(27,28)18-7-5-17(6-8-18)21-19(25-9-3-2-4-20(25)22-21)16-24-12-10-23(11-13-24)14-15-26/h2-9,26H,10-16H2,1H3. The normalized spacial score (nSPS) is 16.5. The fraction of sp³-hybridized carbons (Fsp3) is 0.381. The molecule has 1 fully saturated rings. The van der Waals surface area contributed by atoms with Crippen molar-refractivity contribution in [1.82, 2.24) is 19.2 Å². The molecule has 1 aliphatic heterocycles. The lowest BCUT2D eigenvalue weighted by atomic mass is 10.1. The Bertz CT molecular complexity index is 1080. The second kappa shape index (κ2) is 8.23. The topological polar surface area (TPSA) is 78.2 Å². The molecule has 29 heavy (non-hydrogen) atoms. The van der Waals surface area contributed by atoms with Crippen molar-refractivity contribution < 1.29 is 13.5 Å². The predicted octanol–water partition coefficient (Wildman–Crippen LogP) is 1.51. The van der Waals surface area contributed by atoms with E-state index in [9.17, 15) is 8.42 Å². The monoisotopic (exact) mass is 414 g/mol. The number of fused-ring (bicyclic) bond motifs is 1. The zero-order valence-corrected chi connectivity index (χ0v) is 17.3. The van der Waals surface area contributed by atoms with E-state index >= 15 is 0 Å². The van der Waals surface area contributed by atoms with E-state index in [2.05, 4.69) is 14.2 Å². The Balaban J connectivity index is 1.65. The maximum absolute atomic E-state index is 11.8. The Kier molecular flexibility index (Phi) is 5.69. The van der Waals surface area contributed by atoms with Crippen LogP contribution in [0.4, 0.5) is 0 Å². The summed E-state index contributed by atoms with van der Waals surface area (Å²) in [4.78, 5) is 9.81. The van der Waals surface area contributed by atoms with E-state index < -0.39 is 9.84 Å². The molecule has 0 unspecified atom stereocenters. The molecule has 0 aliphatic carbocycles. The fourth-order valence-corrected chi connectivity index (χ4v) is 4.44. The second-order valence-corrected chi connectivity index (χ2v) is 9.49. The van der Waals surface area contributed by atoms with E-state index in [1.165, 1.54) is 6.26 Å². The number of hydrogen-bond acceptors (Lipinski definition) is 6. The van der Waals surface area contributed by atoms with Crippen LogP contribution in [-0.2, 0) is 16.4 Å². The fourth-order valence-electron chi connectivity index (χ4n) is 3.81. The number of piperazine rings is 1. The number of aliphatic hydroxyl groups is 1. The van der Waals surface area contributed by atoms with Gasteiger partial charge in [0.15, 0.2) is 9.84 Å². The van der Waals surface area contributed by atoms with Crippen molar-refractivity contribution in [2.45, 2.75) is 11.4 Å². The first-order chi connectivity index (χ1) is 14.0. The summed E-state index contributed by atoms with van der Waals surface area (Å²) in [6, 6.07) is 12.9. The van der Waals surface area contributed by atoms with E-state index in [1.54, 1.807) is 12.1 Å². The van der Waals surface area contributed by atoms with Gasteiger partial charge in [-0.05, 0) is 24.3 Å². The van der Waals surface area contributed by atoms with Gasteiger partial charge in [0.1, 0.15) is 5.65 Å². The molecule has 0 amide bonds. The molecule has 0 spiro atoms. The zero-order chi connectivity index (χ0) is 20.4. The van der Waals surface area contributed by atoms with E-state index in [-0.39, 0.29) is 6.61 Å². The minimum atomic E-state index is -3.23. The lowest BCUT2D eigenvalue weighted by molar-refractivity contribution is 0.107. The van der Waals surface area contributed by atoms with Crippen molar-refractivity contribution in [3.05, 3.63) is 54.4 Å². The van der Waals surface area contributed by atoms with Gasteiger partial charge < -0.3 is 9.51 Å². The van der Waals surface area contributed by atoms with Crippen molar-refractivity contribution >= 4 is 15.5 Å². The van der Waals surface area contributed by atoms with Crippen molar-refractivity contribution in [3.63, 3.8) is 0 Å². The highest BCUT2D eigenvalue weighted by Gasteiger charge is 2.21. The summed E-state index contributed by atoms with van der Waals surface area (Å²) in [6.07, 6.45) is 3.24. The molecule has 3 aromatic rings. The van der Waals surface area contributed by atoms with E-state index in [4.69, 9.17) is 10.1 Å². The third kappa shape index (κ3) is 4.35. The van der Waals surface area contributed by atoms with E-state index in [0.717, 1.165) is 61.9 Å². The average molecular weight is 415 g/mol. The number of aromatic nitrogens is 2. The number of hydrogen-bond donors (Lipinski definition) is 1. The Morgan fingerprint density at radius 3 is 2.34 bits per heavy atom. The molecule has 1 saturated heterocycles. The molecule has 4 rings (SSSR count). The van der Waals surface area contributed by atoms with E-state index in [1.807, 2.05) is 36.5 Å². The zero-order valence-electron chi connectivity index (χ0n) is 16.5. The molecular formula is C21H26N4O3S. The third-order valence-electron chi connectivity index (χ3n) is 5.44. The van der Waals surface area contributed by atoms with Crippen LogP contribution in [0.5, 0.6) is 0 Å². The molecule has 0 atom stereocenters. The minimum Gasteiger partial charge on any atom is -0.395 e. The molecule has 1 N–H and O–H groups in total. The van der Waals surface area contributed by atoms with Gasteiger partial charge in [0.05, 0.1) is 22.9 Å². The van der Waals surface area contributed by atoms with Gasteiger partial charge in [0, 0.05) is 57.3 Å². The lowest BCUT2D eigenvalue weighted by Gasteiger charge is -2.34. The Hall–Kier alpha value is -2.26. The van der Waals surface area contributed by atoms with Crippen molar-refractivity contribution in [2.24, 2.45) is 0 Å². The molecular weight excluding hydrogens is 388 g/mol. The van der Waals surface area contributed by atoms with Gasteiger partial charge >= 0.3 is 0 Å². The third-order valence-corrected chi connectivity index (χ3v) is 6.57. The van der Waals surface area contributed by atoms with Gasteiger partial charge in [-0.1, -0.05) is 18.2 Å². The number of aliphatic hydroxyl groups excluding tert-OH is 1. The highest BCUT2D eigenvalue weighted by atomic mass is 32.2. The Morgan fingerprint density at radius 2 is 1.69 bits per heavy atom. The quantitative estimate of drug-likeness (QED) is 0.659. The summed E-state index contributed by atoms with van der Waals surface area (Å²) in [5.74, 6) is 0. The van der Waals surface area contributed by atoms with Crippen molar-refractivity contribution in [3.8, 4) is 11.3 Å². The van der Waals surface area contributed by atoms with Gasteiger partial charge in [-0.2, -0.15) is 0 Å². The molecule has 3 heterocycles. The molecule has 0 radical (unpaired) electrons. The maximum Gasteiger partial charge on any atom is 0.175 e. The minimum absolute atomic E-state index is 0.195. The van der Waals surface area contributed by atoms with Crippen LogP contribution in [0.25, 0.3) is 16.9 Å². The van der Waals surface area contributed by atoms with Gasteiger partial charge in [-0.15, -0.1) is 0 Å². The molecule has 154 valence electrons. The van der Waals surface area contributed by atoms with Crippen LogP contribution in [0.3, 0.4) is 0 Å². The van der Waals surface area contributed by atoms with Gasteiger partial charge in [0.2, 0.25) is 0 Å². The van der Waals surface area contributed by atoms with Crippen LogP contribution in [0, 0.1) is 0 Å². The van der Waals surface area contributed by atoms with E-state index in [0.29, 0.717) is 4.90 Å². The Labute approximate surface area is 171 Å². The average Bonchev–Trinajstić information content (AvgIpc) is 3.08. The maximum atomic E-state index is 11.8. The van der Waals surface area contributed by atoms with Crippen LogP contribution < -0.4 is 0 Å². The first kappa shape index (κ1) is 20.0. The smallest absolute Gasteiger partial charge is 0.175 e. The molecule has 7 nitrogen and oxygen atoms in total. The molecule has 2 aromatic heterocycles. The van der Waals surface area contributed by atoms with Crippen LogP contribution >= 0.6 is 0 Å². The summed E-state index contributed by atoms with van der Waals surface area (Å²) in [6.45, 7) is 5.44. The number of nitrogens with zero attached hydrogens (tertiary/aromatic N) is 4. The van der Waals surface area contributed by atoms with Crippen LogP contribution in [0.2, 0.25) is 0 Å². The van der Waals surface area contributed by atoms with Gasteiger partial charge in [0.25, 0.3) is 0 Å². The van der Waals surface area contributed by atoms with Crippen LogP contribution in [0.1, 0.15) is 5.69 Å². The van der Waals surface area contributed by atoms with Gasteiger partial charge in [-0.3, -0.25) is 9.80 Å². The van der Waals surface area contributed by atoms with Crippen molar-refractivity contribution in [2.75, 3.05) is 45.6 Å². The second-order valence-electron chi connectivity index (χ2n) is 7.47.